The van der Waals surface area contributed by atoms with Crippen molar-refractivity contribution in [2.75, 3.05) is 11.9 Å². The summed E-state index contributed by atoms with van der Waals surface area (Å²) >= 11 is 0. The monoisotopic (exact) mass is 262 g/mol. The Morgan fingerprint density at radius 1 is 1.11 bits per heavy atom. The third-order valence-electron chi connectivity index (χ3n) is 4.07. The topological polar surface area (TPSA) is 41.1 Å². The summed E-state index contributed by atoms with van der Waals surface area (Å²) in [6.07, 6.45) is 3.12. The number of rotatable bonds is 7. The van der Waals surface area contributed by atoms with Crippen LogP contribution in [0.5, 0.6) is 0 Å². The Kier molecular flexibility index (Phi) is 6.03. The first-order chi connectivity index (χ1) is 9.06. The number of benzene rings is 1. The van der Waals surface area contributed by atoms with Gasteiger partial charge in [0, 0.05) is 11.2 Å². The van der Waals surface area contributed by atoms with Crippen molar-refractivity contribution < 1.29 is 4.79 Å². The zero-order valence-electron chi connectivity index (χ0n) is 12.5. The maximum Gasteiger partial charge on any atom is 0.238 e. The van der Waals surface area contributed by atoms with Gasteiger partial charge in [0.2, 0.25) is 5.91 Å². The van der Waals surface area contributed by atoms with Gasteiger partial charge in [0.05, 0.1) is 6.54 Å². The Morgan fingerprint density at radius 3 is 2.21 bits per heavy atom. The zero-order chi connectivity index (χ0) is 14.3. The molecule has 0 aromatic heterocycles. The van der Waals surface area contributed by atoms with E-state index in [-0.39, 0.29) is 11.4 Å². The van der Waals surface area contributed by atoms with Gasteiger partial charge in [-0.3, -0.25) is 4.79 Å². The molecule has 0 bridgehead atoms. The highest BCUT2D eigenvalue weighted by Gasteiger charge is 2.23. The number of hydrogen-bond donors (Lipinski definition) is 2. The van der Waals surface area contributed by atoms with Crippen molar-refractivity contribution in [3.63, 3.8) is 0 Å². The van der Waals surface area contributed by atoms with Gasteiger partial charge in [-0.25, -0.2) is 0 Å². The molecule has 1 amide bonds. The summed E-state index contributed by atoms with van der Waals surface area (Å²) in [5.74, 6) is 0.0222. The quantitative estimate of drug-likeness (QED) is 0.789. The van der Waals surface area contributed by atoms with Crippen LogP contribution < -0.4 is 10.6 Å². The highest BCUT2D eigenvalue weighted by Crippen LogP contribution is 2.19. The minimum Gasteiger partial charge on any atom is -0.325 e. The summed E-state index contributed by atoms with van der Waals surface area (Å²) in [5.41, 5.74) is 2.07. The Morgan fingerprint density at radius 2 is 1.68 bits per heavy atom. The van der Waals surface area contributed by atoms with E-state index in [0.717, 1.165) is 30.5 Å². The summed E-state index contributed by atoms with van der Waals surface area (Å²) in [5, 5.41) is 6.36. The van der Waals surface area contributed by atoms with Crippen LogP contribution in [0, 0.1) is 6.92 Å². The lowest BCUT2D eigenvalue weighted by Crippen LogP contribution is -2.47. The van der Waals surface area contributed by atoms with E-state index < -0.39 is 0 Å². The predicted molar refractivity (Wildman–Crippen MR) is 81.4 cm³/mol. The Hall–Kier alpha value is -1.35. The molecule has 0 aliphatic carbocycles. The Bertz CT molecular complexity index is 403. The van der Waals surface area contributed by atoms with E-state index >= 15 is 0 Å². The first-order valence-electron chi connectivity index (χ1n) is 7.17. The van der Waals surface area contributed by atoms with Crippen LogP contribution in [0.25, 0.3) is 0 Å². The van der Waals surface area contributed by atoms with Gasteiger partial charge in [-0.05, 0) is 37.8 Å². The second-order valence-electron chi connectivity index (χ2n) is 5.06. The lowest BCUT2D eigenvalue weighted by molar-refractivity contribution is -0.115. The van der Waals surface area contributed by atoms with Crippen LogP contribution in [0.2, 0.25) is 0 Å². The highest BCUT2D eigenvalue weighted by molar-refractivity contribution is 5.92. The van der Waals surface area contributed by atoms with Gasteiger partial charge in [0.25, 0.3) is 0 Å². The lowest BCUT2D eigenvalue weighted by Gasteiger charge is -2.31. The molecule has 0 atom stereocenters. The van der Waals surface area contributed by atoms with Gasteiger partial charge < -0.3 is 10.6 Å². The van der Waals surface area contributed by atoms with Crippen molar-refractivity contribution in [1.82, 2.24) is 5.32 Å². The molecule has 0 spiro atoms. The first kappa shape index (κ1) is 15.7. The summed E-state index contributed by atoms with van der Waals surface area (Å²) in [6.45, 7) is 8.86. The first-order valence-corrected chi connectivity index (χ1v) is 7.17. The van der Waals surface area contributed by atoms with Gasteiger partial charge >= 0.3 is 0 Å². The number of para-hydroxylation sites is 1. The molecule has 0 unspecified atom stereocenters. The molecule has 1 aromatic carbocycles. The van der Waals surface area contributed by atoms with Crippen molar-refractivity contribution in [1.29, 1.82) is 0 Å². The summed E-state index contributed by atoms with van der Waals surface area (Å²) in [4.78, 5) is 12.0. The minimum atomic E-state index is 0.0222. The molecular formula is C16H26N2O. The Balaban J connectivity index is 2.55. The van der Waals surface area contributed by atoms with Crippen molar-refractivity contribution in [3.8, 4) is 0 Å². The number of nitrogens with one attached hydrogen (secondary N) is 2. The van der Waals surface area contributed by atoms with Crippen LogP contribution >= 0.6 is 0 Å². The summed E-state index contributed by atoms with van der Waals surface area (Å²) in [6, 6.07) is 7.83. The number of carbonyl (C=O) groups excluding carboxylic acids is 1. The fourth-order valence-electron chi connectivity index (χ4n) is 2.30. The van der Waals surface area contributed by atoms with Crippen molar-refractivity contribution in [3.05, 3.63) is 29.8 Å². The fourth-order valence-corrected chi connectivity index (χ4v) is 2.30. The normalized spacial score (nSPS) is 11.4. The number of aryl methyl sites for hydroxylation is 1. The predicted octanol–water partition coefficient (Wildman–Crippen LogP) is 3.49. The molecule has 0 heterocycles. The third-order valence-corrected chi connectivity index (χ3v) is 4.07. The second-order valence-corrected chi connectivity index (χ2v) is 5.06. The largest absolute Gasteiger partial charge is 0.325 e. The molecule has 0 saturated carbocycles. The molecule has 0 saturated heterocycles. The van der Waals surface area contributed by atoms with E-state index in [0.29, 0.717) is 6.54 Å². The van der Waals surface area contributed by atoms with E-state index in [4.69, 9.17) is 0 Å². The minimum absolute atomic E-state index is 0.0222. The number of carbonyl (C=O) groups is 1. The summed E-state index contributed by atoms with van der Waals surface area (Å²) < 4.78 is 0. The molecule has 0 radical (unpaired) electrons. The molecule has 0 aliphatic rings. The molecule has 3 nitrogen and oxygen atoms in total. The molecule has 0 aliphatic heterocycles. The molecule has 3 heteroatoms. The van der Waals surface area contributed by atoms with Crippen LogP contribution in [0.3, 0.4) is 0 Å². The van der Waals surface area contributed by atoms with Crippen LogP contribution in [0.15, 0.2) is 24.3 Å². The third kappa shape index (κ3) is 4.35. The van der Waals surface area contributed by atoms with Crippen LogP contribution in [-0.4, -0.2) is 18.0 Å². The fraction of sp³-hybridized carbons (Fsp3) is 0.562. The van der Waals surface area contributed by atoms with E-state index in [2.05, 4.69) is 31.4 Å². The molecule has 19 heavy (non-hydrogen) atoms. The molecule has 1 rings (SSSR count). The molecule has 1 aromatic rings. The SMILES string of the molecule is CCC(CC)(CC)NCC(=O)Nc1ccccc1C. The maximum absolute atomic E-state index is 12.0. The molecular weight excluding hydrogens is 236 g/mol. The van der Waals surface area contributed by atoms with E-state index in [1.54, 1.807) is 0 Å². The van der Waals surface area contributed by atoms with Crippen molar-refractivity contribution in [2.24, 2.45) is 0 Å². The average molecular weight is 262 g/mol. The van der Waals surface area contributed by atoms with E-state index in [1.807, 2.05) is 31.2 Å². The lowest BCUT2D eigenvalue weighted by atomic mass is 9.90. The van der Waals surface area contributed by atoms with E-state index in [1.165, 1.54) is 0 Å². The average Bonchev–Trinajstić information content (AvgIpc) is 2.44. The smallest absolute Gasteiger partial charge is 0.238 e. The van der Waals surface area contributed by atoms with Gasteiger partial charge in [0.15, 0.2) is 0 Å². The van der Waals surface area contributed by atoms with Gasteiger partial charge in [-0.15, -0.1) is 0 Å². The number of hydrogen-bond acceptors (Lipinski definition) is 2. The standard InChI is InChI=1S/C16H26N2O/c1-5-16(6-2,7-3)17-12-15(19)18-14-11-9-8-10-13(14)4/h8-11,17H,5-7,12H2,1-4H3,(H,18,19). The van der Waals surface area contributed by atoms with Crippen molar-refractivity contribution >= 4 is 11.6 Å². The van der Waals surface area contributed by atoms with Gasteiger partial charge in [-0.1, -0.05) is 39.0 Å². The second kappa shape index (κ2) is 7.29. The van der Waals surface area contributed by atoms with Crippen LogP contribution in [-0.2, 0) is 4.79 Å². The van der Waals surface area contributed by atoms with Gasteiger partial charge in [0.1, 0.15) is 0 Å². The Labute approximate surface area is 116 Å². The zero-order valence-corrected chi connectivity index (χ0v) is 12.5. The van der Waals surface area contributed by atoms with Crippen LogP contribution in [0.1, 0.15) is 45.6 Å². The molecule has 2 N–H and O–H groups in total. The van der Waals surface area contributed by atoms with Crippen LogP contribution in [0.4, 0.5) is 5.69 Å². The highest BCUT2D eigenvalue weighted by atomic mass is 16.1. The van der Waals surface area contributed by atoms with Gasteiger partial charge in [-0.2, -0.15) is 0 Å². The summed E-state index contributed by atoms with van der Waals surface area (Å²) in [7, 11) is 0. The van der Waals surface area contributed by atoms with E-state index in [9.17, 15) is 4.79 Å². The number of amides is 1. The maximum atomic E-state index is 12.0. The van der Waals surface area contributed by atoms with Crippen molar-refractivity contribution in [2.45, 2.75) is 52.5 Å². The molecule has 106 valence electrons. The molecule has 0 fully saturated rings. The number of anilines is 1.